The molecule has 0 atom stereocenters. The molecule has 0 amide bonds. The highest BCUT2D eigenvalue weighted by atomic mass is 35.5. The third-order valence-electron chi connectivity index (χ3n) is 2.53. The maximum atomic E-state index is 12.0. The molecule has 0 aliphatic heterocycles. The first-order chi connectivity index (χ1) is 9.87. The lowest BCUT2D eigenvalue weighted by Crippen LogP contribution is -2.16. The van der Waals surface area contributed by atoms with Crippen molar-refractivity contribution in [3.05, 3.63) is 63.4 Å². The van der Waals surface area contributed by atoms with Crippen LogP contribution < -0.4 is 4.72 Å². The van der Waals surface area contributed by atoms with E-state index in [4.69, 9.17) is 11.6 Å². The monoisotopic (exact) mass is 327 g/mol. The van der Waals surface area contributed by atoms with Gasteiger partial charge < -0.3 is 0 Å². The quantitative estimate of drug-likeness (QED) is 0.516. The van der Waals surface area contributed by atoms with Crippen LogP contribution in [0.15, 0.2) is 42.6 Å². The molecule has 9 heteroatoms. The SMILES string of the molecule is O=[N+]([O-])c1ccccc1CS(=O)(=O)Nc1ccc(Cl)nc1. The van der Waals surface area contributed by atoms with Gasteiger partial charge in [0.15, 0.2) is 0 Å². The summed E-state index contributed by atoms with van der Waals surface area (Å²) >= 11 is 5.60. The molecule has 0 bridgehead atoms. The number of pyridine rings is 1. The highest BCUT2D eigenvalue weighted by molar-refractivity contribution is 7.91. The van der Waals surface area contributed by atoms with Gasteiger partial charge in [-0.15, -0.1) is 0 Å². The minimum atomic E-state index is -3.79. The molecule has 0 saturated heterocycles. The molecule has 21 heavy (non-hydrogen) atoms. The van der Waals surface area contributed by atoms with E-state index in [0.29, 0.717) is 0 Å². The van der Waals surface area contributed by atoms with Gasteiger partial charge in [0.2, 0.25) is 10.0 Å². The van der Waals surface area contributed by atoms with Crippen molar-refractivity contribution in [2.45, 2.75) is 5.75 Å². The standard InChI is InChI=1S/C12H10ClN3O4S/c13-12-6-5-10(7-14-12)15-21(19,20)8-9-3-1-2-4-11(9)16(17)18/h1-7,15H,8H2. The molecule has 2 rings (SSSR count). The van der Waals surface area contributed by atoms with Crippen LogP contribution in [0.2, 0.25) is 5.15 Å². The Kier molecular flexibility index (Phi) is 4.39. The average molecular weight is 328 g/mol. The highest BCUT2D eigenvalue weighted by Crippen LogP contribution is 2.21. The zero-order chi connectivity index (χ0) is 15.5. The van der Waals surface area contributed by atoms with E-state index in [2.05, 4.69) is 9.71 Å². The largest absolute Gasteiger partial charge is 0.282 e. The minimum absolute atomic E-state index is 0.108. The van der Waals surface area contributed by atoms with Crippen molar-refractivity contribution in [1.29, 1.82) is 0 Å². The lowest BCUT2D eigenvalue weighted by Gasteiger charge is -2.08. The number of nitrogens with one attached hydrogen (secondary N) is 1. The first kappa shape index (κ1) is 15.2. The minimum Gasteiger partial charge on any atom is -0.282 e. The van der Waals surface area contributed by atoms with Crippen molar-refractivity contribution in [3.63, 3.8) is 0 Å². The Morgan fingerprint density at radius 2 is 1.95 bits per heavy atom. The van der Waals surface area contributed by atoms with Gasteiger partial charge in [-0.25, -0.2) is 13.4 Å². The fraction of sp³-hybridized carbons (Fsp3) is 0.0833. The lowest BCUT2D eigenvalue weighted by molar-refractivity contribution is -0.385. The molecule has 0 fully saturated rings. The molecule has 1 heterocycles. The predicted molar refractivity (Wildman–Crippen MR) is 78.6 cm³/mol. The second kappa shape index (κ2) is 6.06. The zero-order valence-electron chi connectivity index (χ0n) is 10.6. The van der Waals surface area contributed by atoms with Crippen LogP contribution >= 0.6 is 11.6 Å². The van der Waals surface area contributed by atoms with Crippen molar-refractivity contribution >= 4 is 33.0 Å². The molecule has 1 N–H and O–H groups in total. The average Bonchev–Trinajstić information content (AvgIpc) is 2.41. The van der Waals surface area contributed by atoms with Crippen LogP contribution in [-0.2, 0) is 15.8 Å². The number of para-hydroxylation sites is 1. The first-order valence-corrected chi connectivity index (χ1v) is 7.75. The van der Waals surface area contributed by atoms with Gasteiger partial charge in [-0.2, -0.15) is 0 Å². The van der Waals surface area contributed by atoms with Crippen molar-refractivity contribution in [1.82, 2.24) is 4.98 Å². The van der Waals surface area contributed by atoms with E-state index in [0.717, 1.165) is 0 Å². The van der Waals surface area contributed by atoms with Crippen molar-refractivity contribution in [2.24, 2.45) is 0 Å². The van der Waals surface area contributed by atoms with Crippen LogP contribution in [0.3, 0.4) is 0 Å². The summed E-state index contributed by atoms with van der Waals surface area (Å²) in [4.78, 5) is 14.0. The van der Waals surface area contributed by atoms with E-state index in [1.165, 1.54) is 36.5 Å². The summed E-state index contributed by atoms with van der Waals surface area (Å²) in [5.74, 6) is -0.507. The Morgan fingerprint density at radius 1 is 1.24 bits per heavy atom. The summed E-state index contributed by atoms with van der Waals surface area (Å²) in [5, 5.41) is 11.1. The number of nitro groups is 1. The van der Waals surface area contributed by atoms with Crippen LogP contribution in [0.1, 0.15) is 5.56 Å². The van der Waals surface area contributed by atoms with Gasteiger partial charge in [-0.05, 0) is 12.1 Å². The number of nitro benzene ring substituents is 1. The molecule has 0 aliphatic carbocycles. The maximum Gasteiger partial charge on any atom is 0.273 e. The Bertz CT molecular complexity index is 762. The molecule has 110 valence electrons. The molecule has 1 aromatic carbocycles. The summed E-state index contributed by atoms with van der Waals surface area (Å²) in [5.41, 5.74) is 0.104. The number of sulfonamides is 1. The number of benzene rings is 1. The fourth-order valence-corrected chi connectivity index (χ4v) is 2.98. The molecular weight excluding hydrogens is 318 g/mol. The van der Waals surface area contributed by atoms with Gasteiger partial charge >= 0.3 is 0 Å². The van der Waals surface area contributed by atoms with Crippen molar-refractivity contribution in [2.75, 3.05) is 4.72 Å². The van der Waals surface area contributed by atoms with Crippen molar-refractivity contribution in [3.8, 4) is 0 Å². The molecule has 0 aliphatic rings. The summed E-state index contributed by atoms with van der Waals surface area (Å²) in [7, 11) is -3.79. The summed E-state index contributed by atoms with van der Waals surface area (Å²) in [6, 6.07) is 8.56. The van der Waals surface area contributed by atoms with Gasteiger partial charge in [0.25, 0.3) is 5.69 Å². The molecule has 0 unspecified atom stereocenters. The van der Waals surface area contributed by atoms with Gasteiger partial charge in [0.1, 0.15) is 10.9 Å². The number of hydrogen-bond acceptors (Lipinski definition) is 5. The van der Waals surface area contributed by atoms with Gasteiger partial charge in [-0.3, -0.25) is 14.8 Å². The molecule has 1 aromatic heterocycles. The summed E-state index contributed by atoms with van der Waals surface area (Å²) < 4.78 is 26.4. The number of anilines is 1. The Hall–Kier alpha value is -2.19. The number of nitrogens with zero attached hydrogens (tertiary/aromatic N) is 2. The van der Waals surface area contributed by atoms with E-state index >= 15 is 0 Å². The Balaban J connectivity index is 2.22. The molecule has 7 nitrogen and oxygen atoms in total. The van der Waals surface area contributed by atoms with E-state index in [-0.39, 0.29) is 22.1 Å². The number of hydrogen-bond donors (Lipinski definition) is 1. The topological polar surface area (TPSA) is 102 Å². The van der Waals surface area contributed by atoms with Crippen LogP contribution in [0.25, 0.3) is 0 Å². The molecule has 2 aromatic rings. The molecular formula is C12H10ClN3O4S. The van der Waals surface area contributed by atoms with Crippen LogP contribution in [0.5, 0.6) is 0 Å². The third-order valence-corrected chi connectivity index (χ3v) is 4.00. The fourth-order valence-electron chi connectivity index (χ4n) is 1.67. The second-order valence-electron chi connectivity index (χ2n) is 4.12. The Morgan fingerprint density at radius 3 is 2.57 bits per heavy atom. The number of aromatic nitrogens is 1. The van der Waals surface area contributed by atoms with Crippen molar-refractivity contribution < 1.29 is 13.3 Å². The van der Waals surface area contributed by atoms with Gasteiger partial charge in [-0.1, -0.05) is 29.8 Å². The van der Waals surface area contributed by atoms with Crippen LogP contribution in [0.4, 0.5) is 11.4 Å². The van der Waals surface area contributed by atoms with E-state index in [1.54, 1.807) is 6.07 Å². The second-order valence-corrected chi connectivity index (χ2v) is 6.23. The predicted octanol–water partition coefficient (Wildman–Crippen LogP) is 2.59. The molecule has 0 saturated carbocycles. The van der Waals surface area contributed by atoms with E-state index in [9.17, 15) is 18.5 Å². The number of halogens is 1. The molecule has 0 radical (unpaired) electrons. The molecule has 0 spiro atoms. The smallest absolute Gasteiger partial charge is 0.273 e. The highest BCUT2D eigenvalue weighted by Gasteiger charge is 2.19. The normalized spacial score (nSPS) is 11.1. The summed E-state index contributed by atoms with van der Waals surface area (Å²) in [6.45, 7) is 0. The van der Waals surface area contributed by atoms with Gasteiger partial charge in [0.05, 0.1) is 16.8 Å². The zero-order valence-corrected chi connectivity index (χ0v) is 12.1. The van der Waals surface area contributed by atoms with E-state index in [1.807, 2.05) is 0 Å². The Labute approximate surface area is 125 Å². The summed E-state index contributed by atoms with van der Waals surface area (Å²) in [6.07, 6.45) is 1.26. The first-order valence-electron chi connectivity index (χ1n) is 5.72. The lowest BCUT2D eigenvalue weighted by atomic mass is 10.2. The third kappa shape index (κ3) is 4.14. The number of rotatable bonds is 5. The van der Waals surface area contributed by atoms with Gasteiger partial charge in [0, 0.05) is 11.6 Å². The van der Waals surface area contributed by atoms with Crippen LogP contribution in [-0.4, -0.2) is 18.3 Å². The van der Waals surface area contributed by atoms with Crippen LogP contribution in [0, 0.1) is 10.1 Å². The maximum absolute atomic E-state index is 12.0. The van der Waals surface area contributed by atoms with E-state index < -0.39 is 20.7 Å².